The van der Waals surface area contributed by atoms with Crippen LogP contribution < -0.4 is 5.73 Å². The van der Waals surface area contributed by atoms with Crippen molar-refractivity contribution in [3.63, 3.8) is 0 Å². The molecule has 2 rings (SSSR count). The fraction of sp³-hybridized carbons (Fsp3) is 0.500. The maximum atomic E-state index is 11.7. The first-order valence-corrected chi connectivity index (χ1v) is 6.54. The van der Waals surface area contributed by atoms with Gasteiger partial charge in [0.25, 0.3) is 0 Å². The Morgan fingerprint density at radius 3 is 2.68 bits per heavy atom. The number of ether oxygens (including phenoxy) is 2. The first-order chi connectivity index (χ1) is 9.25. The van der Waals surface area contributed by atoms with Crippen LogP contribution >= 0.6 is 0 Å². The molecule has 0 aliphatic carbocycles. The van der Waals surface area contributed by atoms with Gasteiger partial charge in [-0.25, -0.2) is 4.79 Å². The van der Waals surface area contributed by atoms with E-state index < -0.39 is 0 Å². The van der Waals surface area contributed by atoms with E-state index in [-0.39, 0.29) is 18.7 Å². The van der Waals surface area contributed by atoms with E-state index in [1.165, 1.54) is 0 Å². The van der Waals surface area contributed by atoms with Crippen molar-refractivity contribution in [2.75, 3.05) is 32.9 Å². The van der Waals surface area contributed by atoms with Crippen LogP contribution in [0.25, 0.3) is 0 Å². The normalized spacial score (nSPS) is 17.0. The van der Waals surface area contributed by atoms with Crippen LogP contribution in [0.2, 0.25) is 0 Å². The topological polar surface area (TPSA) is 64.8 Å². The lowest BCUT2D eigenvalue weighted by atomic mass is 10.1. The lowest BCUT2D eigenvalue weighted by Crippen LogP contribution is -2.42. The third-order valence-corrected chi connectivity index (χ3v) is 3.03. The van der Waals surface area contributed by atoms with E-state index in [2.05, 4.69) is 0 Å². The van der Waals surface area contributed by atoms with Crippen molar-refractivity contribution in [2.45, 2.75) is 12.5 Å². The van der Waals surface area contributed by atoms with Crippen LogP contribution in [-0.4, -0.2) is 49.9 Å². The van der Waals surface area contributed by atoms with Crippen molar-refractivity contribution >= 4 is 6.09 Å². The van der Waals surface area contributed by atoms with Gasteiger partial charge in [-0.15, -0.1) is 0 Å². The van der Waals surface area contributed by atoms with Crippen LogP contribution in [0.5, 0.6) is 0 Å². The highest BCUT2D eigenvalue weighted by Gasteiger charge is 2.18. The van der Waals surface area contributed by atoms with Gasteiger partial charge in [0.2, 0.25) is 0 Å². The van der Waals surface area contributed by atoms with Gasteiger partial charge in [-0.1, -0.05) is 30.3 Å². The minimum atomic E-state index is -0.299. The molecule has 1 aromatic rings. The summed E-state index contributed by atoms with van der Waals surface area (Å²) in [4.78, 5) is 13.4. The lowest BCUT2D eigenvalue weighted by Gasteiger charge is -2.26. The number of hydrogen-bond acceptors (Lipinski definition) is 4. The summed E-state index contributed by atoms with van der Waals surface area (Å²) in [5, 5.41) is 0. The largest absolute Gasteiger partial charge is 0.448 e. The molecule has 1 atom stereocenters. The lowest BCUT2D eigenvalue weighted by molar-refractivity contribution is 0.0257. The fourth-order valence-electron chi connectivity index (χ4n) is 1.99. The number of carbonyl (C=O) groups is 1. The molecule has 0 aromatic heterocycles. The van der Waals surface area contributed by atoms with E-state index >= 15 is 0 Å². The maximum absolute atomic E-state index is 11.7. The first kappa shape index (κ1) is 13.8. The summed E-state index contributed by atoms with van der Waals surface area (Å²) in [5.74, 6) is 0. The van der Waals surface area contributed by atoms with E-state index in [9.17, 15) is 4.79 Å². The van der Waals surface area contributed by atoms with Crippen LogP contribution in [0.15, 0.2) is 30.3 Å². The SMILES string of the molecule is NC(COC(=O)N1CCOCC1)Cc1ccccc1. The van der Waals surface area contributed by atoms with Gasteiger partial charge in [-0.3, -0.25) is 0 Å². The number of hydrogen-bond donors (Lipinski definition) is 1. The quantitative estimate of drug-likeness (QED) is 0.882. The Bertz CT molecular complexity index is 391. The number of morpholine rings is 1. The van der Waals surface area contributed by atoms with Crippen molar-refractivity contribution in [3.8, 4) is 0 Å². The summed E-state index contributed by atoms with van der Waals surface area (Å²) >= 11 is 0. The molecule has 2 N–H and O–H groups in total. The maximum Gasteiger partial charge on any atom is 0.409 e. The molecule has 5 nitrogen and oxygen atoms in total. The van der Waals surface area contributed by atoms with E-state index in [0.29, 0.717) is 32.7 Å². The average molecular weight is 264 g/mol. The molecule has 1 aliphatic rings. The van der Waals surface area contributed by atoms with E-state index in [1.807, 2.05) is 30.3 Å². The van der Waals surface area contributed by atoms with Crippen LogP contribution in [0.3, 0.4) is 0 Å². The first-order valence-electron chi connectivity index (χ1n) is 6.54. The van der Waals surface area contributed by atoms with Crippen LogP contribution in [0.1, 0.15) is 5.56 Å². The number of carbonyl (C=O) groups excluding carboxylic acids is 1. The molecule has 1 amide bonds. The van der Waals surface area contributed by atoms with Gasteiger partial charge in [0.15, 0.2) is 0 Å². The van der Waals surface area contributed by atoms with Crippen molar-refractivity contribution in [2.24, 2.45) is 5.73 Å². The van der Waals surface area contributed by atoms with Gasteiger partial charge in [0.1, 0.15) is 6.61 Å². The third kappa shape index (κ3) is 4.54. The Hall–Kier alpha value is -1.59. The summed E-state index contributed by atoms with van der Waals surface area (Å²) in [7, 11) is 0. The van der Waals surface area contributed by atoms with Crippen LogP contribution in [0, 0.1) is 0 Å². The number of benzene rings is 1. The molecule has 0 spiro atoms. The molecule has 104 valence electrons. The van der Waals surface area contributed by atoms with E-state index in [0.717, 1.165) is 5.56 Å². The Morgan fingerprint density at radius 2 is 2.00 bits per heavy atom. The highest BCUT2D eigenvalue weighted by Crippen LogP contribution is 2.04. The Labute approximate surface area is 113 Å². The summed E-state index contributed by atoms with van der Waals surface area (Å²) in [6.07, 6.45) is 0.406. The molecule has 0 radical (unpaired) electrons. The fourth-order valence-corrected chi connectivity index (χ4v) is 1.99. The van der Waals surface area contributed by atoms with Gasteiger partial charge in [-0.05, 0) is 12.0 Å². The van der Waals surface area contributed by atoms with Gasteiger partial charge in [0, 0.05) is 19.1 Å². The highest BCUT2D eigenvalue weighted by atomic mass is 16.6. The molecule has 1 unspecified atom stereocenters. The molecular formula is C14H20N2O3. The molecule has 19 heavy (non-hydrogen) atoms. The van der Waals surface area contributed by atoms with Crippen LogP contribution in [0.4, 0.5) is 4.79 Å². The monoisotopic (exact) mass is 264 g/mol. The predicted molar refractivity (Wildman–Crippen MR) is 71.9 cm³/mol. The van der Waals surface area contributed by atoms with Crippen molar-refractivity contribution in [3.05, 3.63) is 35.9 Å². The summed E-state index contributed by atoms with van der Waals surface area (Å²) in [6, 6.07) is 9.78. The van der Waals surface area contributed by atoms with Crippen molar-refractivity contribution < 1.29 is 14.3 Å². The van der Waals surface area contributed by atoms with E-state index in [1.54, 1.807) is 4.90 Å². The molecule has 1 fully saturated rings. The summed E-state index contributed by atoms with van der Waals surface area (Å²) < 4.78 is 10.4. The van der Waals surface area contributed by atoms with E-state index in [4.69, 9.17) is 15.2 Å². The number of amides is 1. The number of nitrogens with zero attached hydrogens (tertiary/aromatic N) is 1. The van der Waals surface area contributed by atoms with Gasteiger partial charge < -0.3 is 20.1 Å². The smallest absolute Gasteiger partial charge is 0.409 e. The molecule has 0 saturated carbocycles. The Balaban J connectivity index is 1.71. The van der Waals surface area contributed by atoms with Crippen molar-refractivity contribution in [1.29, 1.82) is 0 Å². The predicted octanol–water partition coefficient (Wildman–Crippen LogP) is 1.03. The zero-order valence-electron chi connectivity index (χ0n) is 11.0. The van der Waals surface area contributed by atoms with Crippen molar-refractivity contribution in [1.82, 2.24) is 4.90 Å². The minimum absolute atomic E-state index is 0.174. The summed E-state index contributed by atoms with van der Waals surface area (Å²) in [6.45, 7) is 2.57. The molecular weight excluding hydrogens is 244 g/mol. The number of rotatable bonds is 4. The molecule has 5 heteroatoms. The molecule has 1 aromatic carbocycles. The molecule has 1 aliphatic heterocycles. The van der Waals surface area contributed by atoms with Gasteiger partial charge in [-0.2, -0.15) is 0 Å². The Morgan fingerprint density at radius 1 is 1.32 bits per heavy atom. The Kier molecular flexibility index (Phi) is 5.18. The molecule has 1 heterocycles. The third-order valence-electron chi connectivity index (χ3n) is 3.03. The second-order valence-electron chi connectivity index (χ2n) is 4.63. The summed E-state index contributed by atoms with van der Waals surface area (Å²) in [5.41, 5.74) is 7.11. The van der Waals surface area contributed by atoms with Crippen LogP contribution in [-0.2, 0) is 15.9 Å². The molecule has 0 bridgehead atoms. The second-order valence-corrected chi connectivity index (χ2v) is 4.63. The minimum Gasteiger partial charge on any atom is -0.448 e. The zero-order valence-corrected chi connectivity index (χ0v) is 11.0. The van der Waals surface area contributed by atoms with Gasteiger partial charge in [0.05, 0.1) is 13.2 Å². The highest BCUT2D eigenvalue weighted by molar-refractivity contribution is 5.67. The molecule has 1 saturated heterocycles. The van der Waals surface area contributed by atoms with Gasteiger partial charge >= 0.3 is 6.09 Å². The standard InChI is InChI=1S/C14H20N2O3/c15-13(10-12-4-2-1-3-5-12)11-19-14(17)16-6-8-18-9-7-16/h1-5,13H,6-11,15H2. The number of nitrogens with two attached hydrogens (primary N) is 1. The average Bonchev–Trinajstić information content (AvgIpc) is 2.47. The zero-order chi connectivity index (χ0) is 13.5. The second kappa shape index (κ2) is 7.11.